The van der Waals surface area contributed by atoms with Crippen molar-refractivity contribution in [1.29, 1.82) is 0 Å². The lowest BCUT2D eigenvalue weighted by Gasteiger charge is -2.64. The Labute approximate surface area is 324 Å². The maximum Gasteiger partial charge on any atom is 0.314 e. The smallest absolute Gasteiger partial charge is 0.314 e. The molecule has 320 valence electrons. The lowest BCUT2D eigenvalue weighted by atomic mass is 9.41. The SMILES string of the molecule is C=C1C[C@@]23CCC4[C@](C)(C(=O)OC5OC(CO)C(O)C(O)C5OC5OC(CO)C(O)C(O)C5O)CCC[C@@]4(C)[C@@H]2CC(OC2OC(CO)C(O)C(O)C2O)C1C3. The highest BCUT2D eigenvalue weighted by molar-refractivity contribution is 5.77. The fourth-order valence-corrected chi connectivity index (χ4v) is 11.9. The van der Waals surface area contributed by atoms with E-state index in [-0.39, 0.29) is 23.2 Å². The Kier molecular flexibility index (Phi) is 12.1. The Bertz CT molecular complexity index is 1430. The van der Waals surface area contributed by atoms with Crippen LogP contribution in [0.4, 0.5) is 0 Å². The van der Waals surface area contributed by atoms with Gasteiger partial charge in [-0.2, -0.15) is 0 Å². The van der Waals surface area contributed by atoms with Crippen LogP contribution in [0.5, 0.6) is 0 Å². The Morgan fingerprint density at radius 3 is 1.80 bits per heavy atom. The van der Waals surface area contributed by atoms with Crippen molar-refractivity contribution in [3.05, 3.63) is 12.2 Å². The molecular weight excluding hydrogens is 744 g/mol. The summed E-state index contributed by atoms with van der Waals surface area (Å²) < 4.78 is 35.3. The van der Waals surface area contributed by atoms with Gasteiger partial charge >= 0.3 is 5.97 Å². The molecule has 4 saturated carbocycles. The third-order valence-electron chi connectivity index (χ3n) is 14.9. The average molecular weight is 805 g/mol. The van der Waals surface area contributed by atoms with Crippen LogP contribution in [0, 0.1) is 34.0 Å². The van der Waals surface area contributed by atoms with Crippen LogP contribution in [0.15, 0.2) is 12.2 Å². The number of hydrogen-bond donors (Lipinski definition) is 11. The monoisotopic (exact) mass is 804 g/mol. The van der Waals surface area contributed by atoms with Gasteiger partial charge in [-0.05, 0) is 74.5 Å². The molecule has 7 rings (SSSR count). The number of carbonyl (C=O) groups is 1. The highest BCUT2D eigenvalue weighted by Crippen LogP contribution is 2.72. The average Bonchev–Trinajstić information content (AvgIpc) is 3.44. The number of fused-ring (bicyclic) bond motifs is 3. The molecule has 0 aromatic rings. The quantitative estimate of drug-likeness (QED) is 0.0626. The van der Waals surface area contributed by atoms with Crippen LogP contribution < -0.4 is 0 Å². The van der Waals surface area contributed by atoms with Gasteiger partial charge in [-0.1, -0.05) is 25.5 Å². The van der Waals surface area contributed by atoms with Crippen molar-refractivity contribution in [3.63, 3.8) is 0 Å². The van der Waals surface area contributed by atoms with Crippen molar-refractivity contribution in [2.45, 2.75) is 163 Å². The summed E-state index contributed by atoms with van der Waals surface area (Å²) in [5.41, 5.74) is -0.627. The molecule has 7 aliphatic rings. The van der Waals surface area contributed by atoms with E-state index in [1.807, 2.05) is 6.92 Å². The summed E-state index contributed by atoms with van der Waals surface area (Å²) >= 11 is 0. The standard InChI is InChI=1S/C38H60O18/c1-15-10-38-8-5-21-36(2,22(38)9-17(16(15)11-38)51-32-29(48)26(45)23(42)18(12-39)52-32)6-4-7-37(21,3)35(50)56-34-31(28(47)25(44)20(14-41)54-34)55-33-30(49)27(46)24(43)19(13-40)53-33/h16-34,39-49H,1,4-14H2,2-3H3/t16?,17?,18?,19?,20?,21?,22-,23?,24?,25?,26?,27?,28?,29?,30?,31?,32?,33?,34?,36+,37+,38+/m0/s1. The van der Waals surface area contributed by atoms with Gasteiger partial charge in [0.25, 0.3) is 0 Å². The Hall–Kier alpha value is -1.43. The number of rotatable bonds is 9. The van der Waals surface area contributed by atoms with E-state index in [0.717, 1.165) is 31.3 Å². The third kappa shape index (κ3) is 6.88. The van der Waals surface area contributed by atoms with Crippen LogP contribution in [0.2, 0.25) is 0 Å². The van der Waals surface area contributed by atoms with E-state index in [9.17, 15) is 61.0 Å². The van der Waals surface area contributed by atoms with Crippen molar-refractivity contribution in [2.75, 3.05) is 19.8 Å². The molecule has 0 amide bonds. The summed E-state index contributed by atoms with van der Waals surface area (Å²) in [4.78, 5) is 14.6. The molecule has 18 unspecified atom stereocenters. The van der Waals surface area contributed by atoms with E-state index in [1.54, 1.807) is 0 Å². The first-order chi connectivity index (χ1) is 26.4. The molecule has 22 atom stereocenters. The van der Waals surface area contributed by atoms with Gasteiger partial charge in [0.05, 0.1) is 31.3 Å². The largest absolute Gasteiger partial charge is 0.432 e. The van der Waals surface area contributed by atoms with Gasteiger partial charge in [-0.3, -0.25) is 4.79 Å². The second-order valence-electron chi connectivity index (χ2n) is 17.9. The molecular formula is C38H60O18. The van der Waals surface area contributed by atoms with Crippen LogP contribution >= 0.6 is 0 Å². The van der Waals surface area contributed by atoms with E-state index < -0.39 is 135 Å². The normalized spacial score (nSPS) is 54.6. The zero-order chi connectivity index (χ0) is 40.6. The van der Waals surface area contributed by atoms with Gasteiger partial charge in [0.2, 0.25) is 6.29 Å². The Morgan fingerprint density at radius 1 is 0.696 bits per heavy atom. The summed E-state index contributed by atoms with van der Waals surface area (Å²) in [7, 11) is 0. The second kappa shape index (κ2) is 15.9. The van der Waals surface area contributed by atoms with E-state index in [0.29, 0.717) is 25.7 Å². The van der Waals surface area contributed by atoms with Crippen LogP contribution in [0.25, 0.3) is 0 Å². The Morgan fingerprint density at radius 2 is 1.23 bits per heavy atom. The van der Waals surface area contributed by atoms with Gasteiger partial charge in [0, 0.05) is 5.92 Å². The molecule has 18 heteroatoms. The topological polar surface area (TPSA) is 295 Å². The number of aliphatic hydroxyl groups is 11. The fourth-order valence-electron chi connectivity index (χ4n) is 11.9. The lowest BCUT2D eigenvalue weighted by molar-refractivity contribution is -0.363. The summed E-state index contributed by atoms with van der Waals surface area (Å²) in [5, 5.41) is 114. The minimum Gasteiger partial charge on any atom is -0.432 e. The predicted molar refractivity (Wildman–Crippen MR) is 186 cm³/mol. The van der Waals surface area contributed by atoms with Crippen LogP contribution in [0.3, 0.4) is 0 Å². The van der Waals surface area contributed by atoms with Crippen molar-refractivity contribution < 1.29 is 89.4 Å². The summed E-state index contributed by atoms with van der Waals surface area (Å²) in [6.07, 6.45) is -19.0. The van der Waals surface area contributed by atoms with Crippen molar-refractivity contribution in [1.82, 2.24) is 0 Å². The predicted octanol–water partition coefficient (Wildman–Crippen LogP) is -3.08. The zero-order valence-electron chi connectivity index (χ0n) is 31.7. The fraction of sp³-hybridized carbons (Fsp3) is 0.921. The molecule has 4 aliphatic carbocycles. The van der Waals surface area contributed by atoms with Crippen molar-refractivity contribution in [2.24, 2.45) is 34.0 Å². The molecule has 3 aliphatic heterocycles. The van der Waals surface area contributed by atoms with Gasteiger partial charge < -0.3 is 84.6 Å². The van der Waals surface area contributed by atoms with Crippen molar-refractivity contribution >= 4 is 5.97 Å². The van der Waals surface area contributed by atoms with Crippen LogP contribution in [-0.4, -0.2) is 180 Å². The molecule has 2 bridgehead atoms. The molecule has 11 N–H and O–H groups in total. The van der Waals surface area contributed by atoms with E-state index in [2.05, 4.69) is 13.5 Å². The molecule has 0 radical (unpaired) electrons. The maximum absolute atomic E-state index is 14.6. The number of hydrogen-bond acceptors (Lipinski definition) is 18. The first kappa shape index (κ1) is 42.7. The van der Waals surface area contributed by atoms with E-state index in [1.165, 1.54) is 0 Å². The number of ether oxygens (including phenoxy) is 6. The van der Waals surface area contributed by atoms with Gasteiger partial charge in [-0.15, -0.1) is 0 Å². The molecule has 18 nitrogen and oxygen atoms in total. The molecule has 1 spiro atoms. The second-order valence-corrected chi connectivity index (χ2v) is 17.9. The first-order valence-corrected chi connectivity index (χ1v) is 19.9. The first-order valence-electron chi connectivity index (χ1n) is 19.9. The molecule has 0 aromatic heterocycles. The van der Waals surface area contributed by atoms with Gasteiger partial charge in [-0.25, -0.2) is 0 Å². The zero-order valence-corrected chi connectivity index (χ0v) is 31.7. The van der Waals surface area contributed by atoms with E-state index in [4.69, 9.17) is 28.4 Å². The molecule has 56 heavy (non-hydrogen) atoms. The number of carbonyl (C=O) groups excluding carboxylic acids is 1. The minimum atomic E-state index is -1.87. The minimum absolute atomic E-state index is 0.0236. The highest BCUT2D eigenvalue weighted by Gasteiger charge is 2.68. The Balaban J connectivity index is 1.12. The molecule has 7 fully saturated rings. The van der Waals surface area contributed by atoms with Crippen LogP contribution in [0.1, 0.15) is 65.2 Å². The van der Waals surface area contributed by atoms with Crippen molar-refractivity contribution in [3.8, 4) is 0 Å². The summed E-state index contributed by atoms with van der Waals surface area (Å²) in [5.74, 6) is -0.919. The third-order valence-corrected chi connectivity index (χ3v) is 14.9. The molecule has 0 aromatic carbocycles. The van der Waals surface area contributed by atoms with Gasteiger partial charge in [0.1, 0.15) is 67.1 Å². The van der Waals surface area contributed by atoms with Crippen LogP contribution in [-0.2, 0) is 33.2 Å². The summed E-state index contributed by atoms with van der Waals surface area (Å²) in [6, 6.07) is 0. The van der Waals surface area contributed by atoms with E-state index >= 15 is 0 Å². The molecule has 3 saturated heterocycles. The maximum atomic E-state index is 14.6. The molecule has 3 heterocycles. The highest BCUT2D eigenvalue weighted by atomic mass is 16.8. The number of esters is 1. The summed E-state index contributed by atoms with van der Waals surface area (Å²) in [6.45, 7) is 6.35. The lowest BCUT2D eigenvalue weighted by Crippen LogP contribution is -2.65. The number of aliphatic hydroxyl groups excluding tert-OH is 11. The van der Waals surface area contributed by atoms with Gasteiger partial charge in [0.15, 0.2) is 18.7 Å².